The van der Waals surface area contributed by atoms with Crippen LogP contribution in [-0.4, -0.2) is 13.8 Å². The summed E-state index contributed by atoms with van der Waals surface area (Å²) in [5.41, 5.74) is -2.96. The molecular weight excluding hydrogens is 431 g/mol. The van der Waals surface area contributed by atoms with Gasteiger partial charge in [0.1, 0.15) is 23.3 Å². The lowest BCUT2D eigenvalue weighted by Gasteiger charge is -2.22. The van der Waals surface area contributed by atoms with Crippen molar-refractivity contribution in [2.75, 3.05) is 7.11 Å². The normalized spacial score (nSPS) is 11.1. The van der Waals surface area contributed by atoms with Crippen LogP contribution in [0, 0.1) is 60.4 Å². The van der Waals surface area contributed by atoms with E-state index in [0.29, 0.717) is 24.3 Å². The first kappa shape index (κ1) is 22.6. The summed E-state index contributed by atoms with van der Waals surface area (Å²) in [5, 5.41) is 0. The summed E-state index contributed by atoms with van der Waals surface area (Å²) in [6.07, 6.45) is 0. The monoisotopic (exact) mass is 444 g/mol. The van der Waals surface area contributed by atoms with E-state index in [9.17, 15) is 35.1 Å². The van der Waals surface area contributed by atoms with Gasteiger partial charge in [-0.05, 0) is 37.1 Å². The van der Waals surface area contributed by atoms with E-state index in [1.165, 1.54) is 0 Å². The molecule has 0 heterocycles. The molecule has 0 aliphatic rings. The Morgan fingerprint density at radius 1 is 0.613 bits per heavy atom. The Bertz CT molecular complexity index is 1110. The number of hydrogen-bond donors (Lipinski definition) is 0. The minimum absolute atomic E-state index is 0.342. The fourth-order valence-electron chi connectivity index (χ4n) is 3.47. The van der Waals surface area contributed by atoms with Gasteiger partial charge in [-0.15, -0.1) is 0 Å². The highest BCUT2D eigenvalue weighted by Gasteiger charge is 2.37. The SMILES string of the molecule is COc1c(F)c(F)c(B(c2cc(F)cc(F)c2C)c2cc(F)cc(F)c2C)c(F)c1F. The summed E-state index contributed by atoms with van der Waals surface area (Å²) in [6.45, 7) is 0.243. The molecule has 10 heteroatoms. The molecule has 1 nitrogen and oxygen atoms in total. The molecule has 0 radical (unpaired) electrons. The average molecular weight is 444 g/mol. The number of methoxy groups -OCH3 is 1. The summed E-state index contributed by atoms with van der Waals surface area (Å²) in [4.78, 5) is 0. The van der Waals surface area contributed by atoms with Gasteiger partial charge < -0.3 is 4.74 Å². The molecule has 0 saturated carbocycles. The predicted molar refractivity (Wildman–Crippen MR) is 99.7 cm³/mol. The van der Waals surface area contributed by atoms with E-state index in [0.717, 1.165) is 21.0 Å². The molecule has 0 saturated heterocycles. The molecule has 162 valence electrons. The van der Waals surface area contributed by atoms with Gasteiger partial charge >= 0.3 is 0 Å². The number of benzene rings is 3. The average Bonchev–Trinajstić information content (AvgIpc) is 2.70. The van der Waals surface area contributed by atoms with Crippen LogP contribution in [0.15, 0.2) is 24.3 Å². The number of rotatable bonds is 4. The maximum Gasteiger partial charge on any atom is 0.250 e. The first-order chi connectivity index (χ1) is 14.5. The first-order valence-electron chi connectivity index (χ1n) is 8.80. The molecule has 0 unspecified atom stereocenters. The van der Waals surface area contributed by atoms with Gasteiger partial charge in [-0.2, -0.15) is 8.78 Å². The van der Waals surface area contributed by atoms with E-state index >= 15 is 0 Å². The number of halogens is 8. The second kappa shape index (κ2) is 8.24. The highest BCUT2D eigenvalue weighted by Crippen LogP contribution is 2.26. The Morgan fingerprint density at radius 3 is 1.35 bits per heavy atom. The fraction of sp³-hybridized carbons (Fsp3) is 0.143. The summed E-state index contributed by atoms with van der Waals surface area (Å²) >= 11 is 0. The molecule has 0 spiro atoms. The second-order valence-electron chi connectivity index (χ2n) is 6.84. The fourth-order valence-corrected chi connectivity index (χ4v) is 3.47. The number of hydrogen-bond acceptors (Lipinski definition) is 1. The third kappa shape index (κ3) is 3.75. The zero-order valence-corrected chi connectivity index (χ0v) is 16.3. The molecule has 3 aromatic carbocycles. The van der Waals surface area contributed by atoms with Crippen LogP contribution in [0.4, 0.5) is 35.1 Å². The van der Waals surface area contributed by atoms with Crippen LogP contribution >= 0.6 is 0 Å². The van der Waals surface area contributed by atoms with Crippen molar-refractivity contribution in [3.05, 3.63) is 81.9 Å². The Balaban J connectivity index is 2.52. The van der Waals surface area contributed by atoms with Crippen molar-refractivity contribution in [2.45, 2.75) is 13.8 Å². The summed E-state index contributed by atoms with van der Waals surface area (Å²) in [7, 11) is 0.774. The summed E-state index contributed by atoms with van der Waals surface area (Å²) in [6, 6.07) is 2.31. The lowest BCUT2D eigenvalue weighted by atomic mass is 9.35. The number of ether oxygens (including phenoxy) is 1. The van der Waals surface area contributed by atoms with Gasteiger partial charge in [-0.3, -0.25) is 0 Å². The molecule has 3 rings (SSSR count). The van der Waals surface area contributed by atoms with E-state index < -0.39 is 75.4 Å². The Kier molecular flexibility index (Phi) is 6.02. The van der Waals surface area contributed by atoms with Crippen molar-refractivity contribution < 1.29 is 39.9 Å². The van der Waals surface area contributed by atoms with Crippen molar-refractivity contribution in [3.63, 3.8) is 0 Å². The Labute approximate surface area is 172 Å². The van der Waals surface area contributed by atoms with Crippen molar-refractivity contribution >= 4 is 23.1 Å². The molecule has 0 fully saturated rings. The topological polar surface area (TPSA) is 9.23 Å². The molecule has 0 bridgehead atoms. The molecule has 0 aliphatic carbocycles. The molecule has 31 heavy (non-hydrogen) atoms. The molecular formula is C21H13BF8O. The van der Waals surface area contributed by atoms with Gasteiger partial charge in [0.25, 0.3) is 0 Å². The van der Waals surface area contributed by atoms with Crippen LogP contribution in [-0.2, 0) is 0 Å². The highest BCUT2D eigenvalue weighted by molar-refractivity contribution is 6.96. The zero-order valence-electron chi connectivity index (χ0n) is 16.3. The van der Waals surface area contributed by atoms with Crippen LogP contribution in [0.25, 0.3) is 0 Å². The molecule has 0 atom stereocenters. The van der Waals surface area contributed by atoms with Crippen LogP contribution in [0.5, 0.6) is 5.75 Å². The quantitative estimate of drug-likeness (QED) is 0.337. The van der Waals surface area contributed by atoms with Crippen LogP contribution in [0.1, 0.15) is 11.1 Å². The molecule has 0 aromatic heterocycles. The lowest BCUT2D eigenvalue weighted by Crippen LogP contribution is -2.57. The maximum absolute atomic E-state index is 14.9. The molecule has 0 amide bonds. The molecule has 0 aliphatic heterocycles. The van der Waals surface area contributed by atoms with Crippen molar-refractivity contribution in [1.29, 1.82) is 0 Å². The third-order valence-corrected chi connectivity index (χ3v) is 5.07. The van der Waals surface area contributed by atoms with E-state index in [4.69, 9.17) is 0 Å². The second-order valence-corrected chi connectivity index (χ2v) is 6.84. The van der Waals surface area contributed by atoms with Gasteiger partial charge in [-0.1, -0.05) is 10.9 Å². The van der Waals surface area contributed by atoms with E-state index in [1.807, 2.05) is 0 Å². The van der Waals surface area contributed by atoms with Crippen LogP contribution < -0.4 is 21.1 Å². The maximum atomic E-state index is 14.9. The Hall–Kier alpha value is -3.04. The van der Waals surface area contributed by atoms with Gasteiger partial charge in [-0.25, -0.2) is 26.3 Å². The van der Waals surface area contributed by atoms with Gasteiger partial charge in [0.2, 0.25) is 18.3 Å². The van der Waals surface area contributed by atoms with Crippen molar-refractivity contribution in [2.24, 2.45) is 0 Å². The minimum atomic E-state index is -2.00. The molecule has 3 aromatic rings. The van der Waals surface area contributed by atoms with Crippen LogP contribution in [0.2, 0.25) is 0 Å². The zero-order chi connectivity index (χ0) is 23.2. The third-order valence-electron chi connectivity index (χ3n) is 5.07. The van der Waals surface area contributed by atoms with Crippen molar-refractivity contribution in [1.82, 2.24) is 0 Å². The summed E-state index contributed by atoms with van der Waals surface area (Å²) in [5.74, 6) is -13.7. The lowest BCUT2D eigenvalue weighted by molar-refractivity contribution is 0.335. The standard InChI is InChI=1S/C21H13BF8O/c1-8-12(4-10(23)6-14(8)25)22(13-5-11(24)7-15(26)9(13)2)16-17(27)19(29)21(31-3)20(30)18(16)28/h4-7H,1-3H3. The van der Waals surface area contributed by atoms with Crippen molar-refractivity contribution in [3.8, 4) is 5.75 Å². The Morgan fingerprint density at radius 2 is 1.00 bits per heavy atom. The van der Waals surface area contributed by atoms with Gasteiger partial charge in [0.15, 0.2) is 17.4 Å². The van der Waals surface area contributed by atoms with Gasteiger partial charge in [0.05, 0.1) is 7.11 Å². The smallest absolute Gasteiger partial charge is 0.250 e. The van der Waals surface area contributed by atoms with Crippen LogP contribution in [0.3, 0.4) is 0 Å². The first-order valence-corrected chi connectivity index (χ1v) is 8.80. The minimum Gasteiger partial charge on any atom is -0.491 e. The molecule has 0 N–H and O–H groups in total. The van der Waals surface area contributed by atoms with E-state index in [-0.39, 0.29) is 11.1 Å². The van der Waals surface area contributed by atoms with E-state index in [1.54, 1.807) is 0 Å². The van der Waals surface area contributed by atoms with Gasteiger partial charge in [0, 0.05) is 17.6 Å². The predicted octanol–water partition coefficient (Wildman–Crippen LogP) is 3.94. The summed E-state index contributed by atoms with van der Waals surface area (Å²) < 4.78 is 119. The highest BCUT2D eigenvalue weighted by atomic mass is 19.2. The largest absolute Gasteiger partial charge is 0.491 e. The van der Waals surface area contributed by atoms with E-state index in [2.05, 4.69) is 4.74 Å².